The molecule has 7 unspecified atom stereocenters. The summed E-state index contributed by atoms with van der Waals surface area (Å²) < 4.78 is 52.7. The quantitative estimate of drug-likeness (QED) is 0.0883. The Morgan fingerprint density at radius 3 is 2.58 bits per heavy atom. The molecule has 10 N–H and O–H groups in total. The van der Waals surface area contributed by atoms with Crippen LogP contribution < -0.4 is 5.73 Å². The Hall–Kier alpha value is -1.80. The van der Waals surface area contributed by atoms with Crippen LogP contribution in [0.4, 0.5) is 10.2 Å². The van der Waals surface area contributed by atoms with Crippen LogP contribution in [-0.2, 0) is 39.2 Å². The Kier molecular flexibility index (Phi) is 9.66. The third-order valence-electron chi connectivity index (χ3n) is 6.73. The Labute approximate surface area is 246 Å². The third kappa shape index (κ3) is 6.47. The lowest BCUT2D eigenvalue weighted by atomic mass is 9.85. The molecule has 2 aliphatic heterocycles. The highest BCUT2D eigenvalue weighted by Crippen LogP contribution is 2.62. The molecule has 43 heavy (non-hydrogen) atoms. The van der Waals surface area contributed by atoms with E-state index in [2.05, 4.69) is 23.9 Å². The summed E-state index contributed by atoms with van der Waals surface area (Å²) >= 11 is 4.75. The maximum atomic E-state index is 14.0. The second-order valence-electron chi connectivity index (χ2n) is 9.78. The SMILES string of the molecule is C#C[C@]1(O)[C@H](c2cnc3c(N)ncnn23)O[C@](C)(COP(O)(=S)OP(=O)(O)OC2OC([C@@H](F)CO)C(O)C(O)C2O)[C@H]1O. The molecule has 0 bridgehead atoms. The van der Waals surface area contributed by atoms with Crippen LogP contribution in [0, 0.1) is 12.3 Å². The van der Waals surface area contributed by atoms with Gasteiger partial charge < -0.3 is 60.2 Å². The summed E-state index contributed by atoms with van der Waals surface area (Å²) in [6.45, 7) is -5.71. The number of fused-ring (bicyclic) bond motifs is 1. The molecule has 0 amide bonds. The lowest BCUT2D eigenvalue weighted by Crippen LogP contribution is -2.60. The fourth-order valence-electron chi connectivity index (χ4n) is 4.49. The Bertz CT molecular complexity index is 1490. The summed E-state index contributed by atoms with van der Waals surface area (Å²) in [5, 5.41) is 65.0. The molecule has 2 aromatic heterocycles. The number of hydrogen-bond donors (Lipinski definition) is 9. The summed E-state index contributed by atoms with van der Waals surface area (Å²) in [6.07, 6.45) is -8.69. The van der Waals surface area contributed by atoms with Gasteiger partial charge >= 0.3 is 14.5 Å². The van der Waals surface area contributed by atoms with Crippen LogP contribution in [0.25, 0.3) is 5.65 Å². The van der Waals surface area contributed by atoms with E-state index >= 15 is 0 Å². The van der Waals surface area contributed by atoms with Crippen molar-refractivity contribution in [2.24, 2.45) is 0 Å². The molecule has 0 saturated carbocycles. The van der Waals surface area contributed by atoms with E-state index in [9.17, 15) is 44.3 Å². The highest BCUT2D eigenvalue weighted by Gasteiger charge is 2.62. The smallest absolute Gasteiger partial charge is 0.393 e. The van der Waals surface area contributed by atoms with Crippen LogP contribution in [0.15, 0.2) is 12.5 Å². The van der Waals surface area contributed by atoms with Gasteiger partial charge in [0.05, 0.1) is 25.1 Å². The number of phosphoric ester groups is 1. The molecule has 2 aliphatic rings. The summed E-state index contributed by atoms with van der Waals surface area (Å²) in [7, 11) is -5.56. The van der Waals surface area contributed by atoms with Gasteiger partial charge in [0.25, 0.3) is 0 Å². The largest absolute Gasteiger partial charge is 0.481 e. The van der Waals surface area contributed by atoms with Gasteiger partial charge in [-0.3, -0.25) is 4.52 Å². The summed E-state index contributed by atoms with van der Waals surface area (Å²) in [6, 6.07) is 0. The van der Waals surface area contributed by atoms with Crippen LogP contribution in [0.3, 0.4) is 0 Å². The minimum Gasteiger partial charge on any atom is -0.393 e. The van der Waals surface area contributed by atoms with E-state index in [0.717, 1.165) is 10.8 Å². The monoisotopic (exact) mass is 675 g/mol. The van der Waals surface area contributed by atoms with Gasteiger partial charge in [0.2, 0.25) is 0 Å². The maximum absolute atomic E-state index is 14.0. The number of rotatable bonds is 10. The second-order valence-corrected chi connectivity index (χ2v) is 14.2. The lowest BCUT2D eigenvalue weighted by molar-refractivity contribution is -0.287. The third-order valence-corrected chi connectivity index (χ3v) is 10.2. The molecule has 0 aromatic carbocycles. The normalized spacial score (nSPS) is 38.3. The fourth-order valence-corrected chi connectivity index (χ4v) is 7.65. The van der Waals surface area contributed by atoms with Gasteiger partial charge in [-0.25, -0.2) is 27.7 Å². The number of hydrogen-bond acceptors (Lipinski definition) is 17. The van der Waals surface area contributed by atoms with Crippen LogP contribution in [0.5, 0.6) is 0 Å². The van der Waals surface area contributed by atoms with E-state index in [1.807, 2.05) is 5.92 Å². The molecule has 0 radical (unpaired) electrons. The first-order valence-corrected chi connectivity index (χ1v) is 16.1. The van der Waals surface area contributed by atoms with Crippen LogP contribution in [-0.4, -0.2) is 127 Å². The minimum absolute atomic E-state index is 0.0193. The molecule has 240 valence electrons. The van der Waals surface area contributed by atoms with Crippen molar-refractivity contribution < 1.29 is 72.2 Å². The molecule has 2 aromatic rings. The zero-order valence-corrected chi connectivity index (χ0v) is 24.4. The molecule has 2 fully saturated rings. The van der Waals surface area contributed by atoms with Gasteiger partial charge in [-0.2, -0.15) is 5.10 Å². The zero-order valence-electron chi connectivity index (χ0n) is 21.8. The van der Waals surface area contributed by atoms with Crippen molar-refractivity contribution in [3.8, 4) is 12.3 Å². The molecule has 4 rings (SSSR count). The maximum Gasteiger partial charge on any atom is 0.481 e. The van der Waals surface area contributed by atoms with Crippen molar-refractivity contribution in [3.05, 3.63) is 18.2 Å². The Morgan fingerprint density at radius 1 is 1.28 bits per heavy atom. The first-order chi connectivity index (χ1) is 19.9. The van der Waals surface area contributed by atoms with Crippen LogP contribution in [0.2, 0.25) is 0 Å². The van der Waals surface area contributed by atoms with Gasteiger partial charge in [-0.15, -0.1) is 6.42 Å². The standard InChI is InChI=1S/C20H28FN5O14P2S/c1-3-20(32)14(9-4-23-16-15(22)24-7-25-26(9)16)38-19(2,18(20)31)6-36-42(35,43)40-41(33,34)39-17-12(30)10(28)11(29)13(37-17)8(21)5-27/h1,4,7-8,10-14,17-18,27-32H,5-6H2,2H3,(H,33,34)(H,35,43)(H2,22,24,25)/t8-,10?,11?,12?,13?,14-,17?,18+,19+,20-,42?/m0/s1. The molecule has 2 saturated heterocycles. The zero-order chi connectivity index (χ0) is 32.1. The summed E-state index contributed by atoms with van der Waals surface area (Å²) in [4.78, 5) is 28.5. The van der Waals surface area contributed by atoms with Gasteiger partial charge in [-0.05, 0) is 18.7 Å². The number of aliphatic hydroxyl groups is 6. The molecule has 0 aliphatic carbocycles. The summed E-state index contributed by atoms with van der Waals surface area (Å²) in [5.74, 6) is 2.03. The van der Waals surface area contributed by atoms with Crippen molar-refractivity contribution in [1.82, 2.24) is 19.6 Å². The molecule has 19 nitrogen and oxygen atoms in total. The number of aromatic nitrogens is 4. The molecule has 23 heteroatoms. The van der Waals surface area contributed by atoms with Crippen molar-refractivity contribution in [1.29, 1.82) is 0 Å². The van der Waals surface area contributed by atoms with Crippen LogP contribution in [0.1, 0.15) is 18.7 Å². The first kappa shape index (κ1) is 34.1. The average molecular weight is 675 g/mol. The Morgan fingerprint density at radius 2 is 1.95 bits per heavy atom. The predicted octanol–water partition coefficient (Wildman–Crippen LogP) is -3.23. The minimum atomic E-state index is -5.56. The number of ether oxygens (including phenoxy) is 2. The van der Waals surface area contributed by atoms with Gasteiger partial charge in [0, 0.05) is 0 Å². The Balaban J connectivity index is 1.48. The van der Waals surface area contributed by atoms with Crippen molar-refractivity contribution >= 4 is 37.8 Å². The highest BCUT2D eigenvalue weighted by atomic mass is 32.5. The second kappa shape index (κ2) is 12.2. The number of aliphatic hydroxyl groups excluding tert-OH is 5. The van der Waals surface area contributed by atoms with Gasteiger partial charge in [0.15, 0.2) is 29.5 Å². The predicted molar refractivity (Wildman–Crippen MR) is 140 cm³/mol. The highest BCUT2D eigenvalue weighted by molar-refractivity contribution is 8.08. The molecular weight excluding hydrogens is 647 g/mol. The molecule has 0 spiro atoms. The molecular formula is C20H28FN5O14P2S. The first-order valence-electron chi connectivity index (χ1n) is 12.0. The van der Waals surface area contributed by atoms with E-state index in [-0.39, 0.29) is 17.2 Å². The average Bonchev–Trinajstić information content (AvgIpc) is 3.46. The number of anilines is 1. The number of nitrogens with two attached hydrogens (primary N) is 1. The number of imidazole rings is 1. The van der Waals surface area contributed by atoms with Crippen molar-refractivity contribution in [2.75, 3.05) is 18.9 Å². The topological polar surface area (TPSA) is 294 Å². The number of nitrogen functional groups attached to an aromatic ring is 1. The van der Waals surface area contributed by atoms with E-state index in [0.29, 0.717) is 0 Å². The summed E-state index contributed by atoms with van der Waals surface area (Å²) in [5.41, 5.74) is 1.48. The van der Waals surface area contributed by atoms with Crippen molar-refractivity contribution in [2.45, 2.75) is 67.2 Å². The van der Waals surface area contributed by atoms with Gasteiger partial charge in [-0.1, -0.05) is 5.92 Å². The van der Waals surface area contributed by atoms with E-state index in [4.69, 9.17) is 43.1 Å². The lowest BCUT2D eigenvalue weighted by Gasteiger charge is -2.41. The fraction of sp³-hybridized carbons (Fsp3) is 0.650. The number of nitrogens with zero attached hydrogens (tertiary/aromatic N) is 4. The number of phosphoric acid groups is 1. The van der Waals surface area contributed by atoms with E-state index in [1.165, 1.54) is 13.1 Å². The molecule has 4 heterocycles. The number of terminal acetylenes is 1. The van der Waals surface area contributed by atoms with E-state index in [1.54, 1.807) is 0 Å². The number of alkyl halides is 1. The van der Waals surface area contributed by atoms with Gasteiger partial charge in [0.1, 0.15) is 48.6 Å². The molecule has 12 atom stereocenters. The van der Waals surface area contributed by atoms with Crippen molar-refractivity contribution in [3.63, 3.8) is 0 Å². The van der Waals surface area contributed by atoms with E-state index < -0.39 is 88.0 Å². The van der Waals surface area contributed by atoms with Crippen LogP contribution >= 0.6 is 14.5 Å². The number of halogens is 1.